The normalized spacial score (nSPS) is 13.2. The van der Waals surface area contributed by atoms with Gasteiger partial charge in [-0.05, 0) is 32.9 Å². The first-order valence-corrected chi connectivity index (χ1v) is 5.96. The van der Waals surface area contributed by atoms with E-state index in [2.05, 4.69) is 11.6 Å². The van der Waals surface area contributed by atoms with Crippen LogP contribution in [0.15, 0.2) is 11.1 Å². The molecule has 5 heteroatoms. The third kappa shape index (κ3) is 3.79. The Labute approximate surface area is 112 Å². The van der Waals surface area contributed by atoms with Crippen molar-refractivity contribution in [2.24, 2.45) is 4.99 Å². The zero-order valence-electron chi connectivity index (χ0n) is 11.8. The summed E-state index contributed by atoms with van der Waals surface area (Å²) >= 11 is 0. The van der Waals surface area contributed by atoms with Crippen molar-refractivity contribution < 1.29 is 14.6 Å². The smallest absolute Gasteiger partial charge is 0.419 e. The van der Waals surface area contributed by atoms with Crippen LogP contribution in [0.3, 0.4) is 0 Å². The monoisotopic (exact) mass is 264 g/mol. The lowest BCUT2D eigenvalue weighted by Crippen LogP contribution is -2.36. The van der Waals surface area contributed by atoms with Crippen LogP contribution >= 0.6 is 0 Å². The zero-order valence-corrected chi connectivity index (χ0v) is 11.8. The highest BCUT2D eigenvalue weighted by Gasteiger charge is 2.20. The number of rotatable bonds is 2. The average molecular weight is 264 g/mol. The van der Waals surface area contributed by atoms with Crippen molar-refractivity contribution in [3.8, 4) is 0 Å². The topological polar surface area (TPSA) is 63.8 Å². The molecule has 19 heavy (non-hydrogen) atoms. The summed E-state index contributed by atoms with van der Waals surface area (Å²) in [5.41, 5.74) is -0.162. The number of hydrogen-bond acceptors (Lipinski definition) is 4. The molecule has 0 unspecified atom stereocenters. The van der Waals surface area contributed by atoms with Gasteiger partial charge in [0, 0.05) is 18.5 Å². The van der Waals surface area contributed by atoms with Crippen LogP contribution in [0.2, 0.25) is 0 Å². The van der Waals surface area contributed by atoms with Crippen LogP contribution in [0.4, 0.5) is 4.79 Å². The molecule has 0 atom stereocenters. The van der Waals surface area contributed by atoms with Crippen molar-refractivity contribution in [1.29, 1.82) is 0 Å². The molecule has 1 heterocycles. The number of hydrogen-bond donors (Lipinski definition) is 1. The largest absolute Gasteiger partial charge is 0.443 e. The van der Waals surface area contributed by atoms with E-state index in [0.29, 0.717) is 11.0 Å². The van der Waals surface area contributed by atoms with Crippen LogP contribution in [-0.4, -0.2) is 34.6 Å². The second-order valence-corrected chi connectivity index (χ2v) is 5.09. The Kier molecular flexibility index (Phi) is 4.67. The summed E-state index contributed by atoms with van der Waals surface area (Å²) < 4.78 is 6.57. The SMILES string of the molecule is C=c1/c(=C\C=N/C)cc(CO)n1C(=O)OC(C)(C)C. The van der Waals surface area contributed by atoms with Gasteiger partial charge >= 0.3 is 6.09 Å². The van der Waals surface area contributed by atoms with E-state index in [4.69, 9.17) is 4.74 Å². The minimum atomic E-state index is -0.602. The molecular weight excluding hydrogens is 244 g/mol. The van der Waals surface area contributed by atoms with Crippen LogP contribution in [0.25, 0.3) is 12.7 Å². The molecule has 0 aliphatic carbocycles. The third-order valence-corrected chi connectivity index (χ3v) is 2.35. The molecule has 0 spiro atoms. The van der Waals surface area contributed by atoms with Crippen molar-refractivity contribution >= 4 is 25.0 Å². The van der Waals surface area contributed by atoms with E-state index < -0.39 is 11.7 Å². The highest BCUT2D eigenvalue weighted by atomic mass is 16.6. The summed E-state index contributed by atoms with van der Waals surface area (Å²) in [6.45, 7) is 8.94. The molecule has 0 bridgehead atoms. The van der Waals surface area contributed by atoms with E-state index >= 15 is 0 Å². The lowest BCUT2D eigenvalue weighted by molar-refractivity contribution is 0.0521. The van der Waals surface area contributed by atoms with Crippen molar-refractivity contribution in [3.63, 3.8) is 0 Å². The number of aliphatic hydroxyl groups is 1. The fourth-order valence-corrected chi connectivity index (χ4v) is 1.58. The van der Waals surface area contributed by atoms with E-state index in [1.165, 1.54) is 4.57 Å². The Hall–Kier alpha value is -1.88. The van der Waals surface area contributed by atoms with E-state index in [9.17, 15) is 9.90 Å². The van der Waals surface area contributed by atoms with Crippen molar-refractivity contribution in [2.75, 3.05) is 7.05 Å². The van der Waals surface area contributed by atoms with Gasteiger partial charge in [0.25, 0.3) is 0 Å². The standard InChI is InChI=1S/C14H20N2O3/c1-10-11(6-7-15-5)8-12(9-17)16(10)13(18)19-14(2,3)4/h6-8,17H,1,9H2,2-5H3/b11-6-,15-7-. The minimum absolute atomic E-state index is 0.265. The first-order valence-electron chi connectivity index (χ1n) is 5.96. The molecular formula is C14H20N2O3. The maximum Gasteiger partial charge on any atom is 0.419 e. The van der Waals surface area contributed by atoms with Gasteiger partial charge in [0.1, 0.15) is 5.60 Å². The van der Waals surface area contributed by atoms with E-state index in [-0.39, 0.29) is 6.61 Å². The van der Waals surface area contributed by atoms with Gasteiger partial charge in [0.15, 0.2) is 0 Å². The Morgan fingerprint density at radius 3 is 2.68 bits per heavy atom. The van der Waals surface area contributed by atoms with Crippen LogP contribution in [0, 0.1) is 0 Å². The second kappa shape index (κ2) is 5.84. The molecule has 5 nitrogen and oxygen atoms in total. The predicted octanol–water partition coefficient (Wildman–Crippen LogP) is 0.655. The van der Waals surface area contributed by atoms with Crippen molar-refractivity contribution in [2.45, 2.75) is 33.0 Å². The van der Waals surface area contributed by atoms with Gasteiger partial charge < -0.3 is 9.84 Å². The molecule has 0 saturated carbocycles. The minimum Gasteiger partial charge on any atom is -0.443 e. The van der Waals surface area contributed by atoms with Gasteiger partial charge in [0.05, 0.1) is 17.6 Å². The Morgan fingerprint density at radius 2 is 2.21 bits per heavy atom. The van der Waals surface area contributed by atoms with Gasteiger partial charge in [-0.1, -0.05) is 6.58 Å². The van der Waals surface area contributed by atoms with Gasteiger partial charge in [0.2, 0.25) is 0 Å². The number of carbonyl (C=O) groups excluding carboxylic acids is 1. The maximum absolute atomic E-state index is 12.1. The Bertz CT molecular complexity index is 591. The Balaban J connectivity index is 3.32. The van der Waals surface area contributed by atoms with Gasteiger partial charge in [-0.25, -0.2) is 9.36 Å². The molecule has 0 fully saturated rings. The summed E-state index contributed by atoms with van der Waals surface area (Å²) in [4.78, 5) is 15.9. The molecule has 0 aromatic carbocycles. The van der Waals surface area contributed by atoms with Gasteiger partial charge in [-0.3, -0.25) is 4.99 Å². The van der Waals surface area contributed by atoms with E-state index in [0.717, 1.165) is 5.22 Å². The molecule has 1 aromatic rings. The van der Waals surface area contributed by atoms with Gasteiger partial charge in [-0.2, -0.15) is 0 Å². The maximum atomic E-state index is 12.1. The lowest BCUT2D eigenvalue weighted by Gasteiger charge is -2.20. The highest BCUT2D eigenvalue weighted by Crippen LogP contribution is 2.09. The molecule has 0 radical (unpaired) electrons. The number of carbonyl (C=O) groups is 1. The summed E-state index contributed by atoms with van der Waals surface area (Å²) in [6, 6.07) is 1.69. The average Bonchev–Trinajstić information content (AvgIpc) is 2.61. The molecule has 1 rings (SSSR count). The number of ether oxygens (including phenoxy) is 1. The van der Waals surface area contributed by atoms with Crippen LogP contribution < -0.4 is 10.6 Å². The fraction of sp³-hybridized carbons (Fsp3) is 0.429. The quantitative estimate of drug-likeness (QED) is 0.798. The molecule has 0 saturated heterocycles. The first-order chi connectivity index (χ1) is 8.80. The molecule has 1 N–H and O–H groups in total. The van der Waals surface area contributed by atoms with Gasteiger partial charge in [-0.15, -0.1) is 0 Å². The summed E-state index contributed by atoms with van der Waals surface area (Å²) in [5.74, 6) is 0. The first kappa shape index (κ1) is 15.2. The molecule has 1 aromatic heterocycles. The van der Waals surface area contributed by atoms with Crippen molar-refractivity contribution in [1.82, 2.24) is 4.57 Å². The zero-order chi connectivity index (χ0) is 14.6. The van der Waals surface area contributed by atoms with E-state index in [1.54, 1.807) is 46.2 Å². The van der Waals surface area contributed by atoms with E-state index in [1.807, 2.05) is 0 Å². The lowest BCUT2D eigenvalue weighted by atomic mass is 10.2. The number of aromatic nitrogens is 1. The molecule has 0 aliphatic heterocycles. The van der Waals surface area contributed by atoms with Crippen LogP contribution in [0.5, 0.6) is 0 Å². The summed E-state index contributed by atoms with van der Waals surface area (Å²) in [6.07, 6.45) is 2.78. The summed E-state index contributed by atoms with van der Waals surface area (Å²) in [5, 5.41) is 10.5. The molecule has 104 valence electrons. The highest BCUT2D eigenvalue weighted by molar-refractivity contribution is 5.90. The predicted molar refractivity (Wildman–Crippen MR) is 75.6 cm³/mol. The number of aliphatic hydroxyl groups excluding tert-OH is 1. The van der Waals surface area contributed by atoms with Crippen molar-refractivity contribution in [3.05, 3.63) is 22.3 Å². The second-order valence-electron chi connectivity index (χ2n) is 5.09. The molecule has 0 amide bonds. The number of aliphatic imine (C=N–C) groups is 1. The fourth-order valence-electron chi connectivity index (χ4n) is 1.58. The third-order valence-electron chi connectivity index (χ3n) is 2.35. The van der Waals surface area contributed by atoms with Crippen LogP contribution in [-0.2, 0) is 11.3 Å². The summed E-state index contributed by atoms with van der Waals surface area (Å²) in [7, 11) is 1.65. The van der Waals surface area contributed by atoms with Crippen LogP contribution in [0.1, 0.15) is 26.5 Å². The Morgan fingerprint density at radius 1 is 1.58 bits per heavy atom. The number of nitrogens with zero attached hydrogens (tertiary/aromatic N) is 2. The molecule has 0 aliphatic rings.